The van der Waals surface area contributed by atoms with E-state index in [4.69, 9.17) is 11.6 Å². The lowest BCUT2D eigenvalue weighted by Gasteiger charge is -2.18. The van der Waals surface area contributed by atoms with Gasteiger partial charge in [-0.2, -0.15) is 0 Å². The lowest BCUT2D eigenvalue weighted by atomic mass is 10.4. The first-order chi connectivity index (χ1) is 8.52. The van der Waals surface area contributed by atoms with Crippen molar-refractivity contribution in [3.8, 4) is 0 Å². The second-order valence-corrected chi connectivity index (χ2v) is 4.25. The second kappa shape index (κ2) is 4.77. The summed E-state index contributed by atoms with van der Waals surface area (Å²) < 4.78 is 0. The van der Waals surface area contributed by atoms with E-state index in [-0.39, 0.29) is 23.2 Å². The molecule has 0 radical (unpaired) electrons. The predicted molar refractivity (Wildman–Crippen MR) is 65.5 cm³/mol. The van der Waals surface area contributed by atoms with E-state index in [0.29, 0.717) is 19.0 Å². The first-order valence-electron chi connectivity index (χ1n) is 5.35. The van der Waals surface area contributed by atoms with Crippen molar-refractivity contribution in [1.82, 2.24) is 9.88 Å². The quantitative estimate of drug-likeness (QED) is 0.610. The van der Waals surface area contributed by atoms with Crippen molar-refractivity contribution >= 4 is 29.0 Å². The van der Waals surface area contributed by atoms with E-state index < -0.39 is 4.92 Å². The van der Waals surface area contributed by atoms with E-state index >= 15 is 0 Å². The van der Waals surface area contributed by atoms with Gasteiger partial charge in [0, 0.05) is 12.6 Å². The Morgan fingerprint density at radius 1 is 1.61 bits per heavy atom. The van der Waals surface area contributed by atoms with Crippen LogP contribution in [0.2, 0.25) is 5.02 Å². The lowest BCUT2D eigenvalue weighted by Crippen LogP contribution is -2.27. The molecular formula is C10H11ClN4O3. The summed E-state index contributed by atoms with van der Waals surface area (Å²) in [5.41, 5.74) is -0.165. The molecular weight excluding hydrogens is 260 g/mol. The molecule has 1 fully saturated rings. The van der Waals surface area contributed by atoms with Crippen LogP contribution in [0.1, 0.15) is 6.92 Å². The summed E-state index contributed by atoms with van der Waals surface area (Å²) in [6.07, 6.45) is 1.14. The number of carbonyl (C=O) groups is 1. The third-order valence-corrected chi connectivity index (χ3v) is 3.00. The monoisotopic (exact) mass is 270 g/mol. The SMILES string of the molecule is CCN1CN(c2ncc([N+](=O)[O-])cc2Cl)CC1=O. The number of pyridine rings is 1. The van der Waals surface area contributed by atoms with Crippen molar-refractivity contribution in [3.05, 3.63) is 27.4 Å². The number of aromatic nitrogens is 1. The second-order valence-electron chi connectivity index (χ2n) is 3.85. The molecule has 7 nitrogen and oxygen atoms in total. The van der Waals surface area contributed by atoms with Gasteiger partial charge in [0.25, 0.3) is 5.69 Å². The standard InChI is InChI=1S/C10H11ClN4O3/c1-2-13-6-14(5-9(13)16)10-8(11)3-7(4-12-10)15(17)18/h3-4H,2,5-6H2,1H3. The van der Waals surface area contributed by atoms with Crippen LogP contribution in [-0.4, -0.2) is 40.5 Å². The Morgan fingerprint density at radius 2 is 2.33 bits per heavy atom. The molecule has 0 aliphatic carbocycles. The number of amides is 1. The van der Waals surface area contributed by atoms with E-state index in [1.54, 1.807) is 9.80 Å². The number of nitro groups is 1. The maximum atomic E-state index is 11.6. The summed E-state index contributed by atoms with van der Waals surface area (Å²) in [6.45, 7) is 3.09. The number of hydrogen-bond acceptors (Lipinski definition) is 5. The number of anilines is 1. The lowest BCUT2D eigenvalue weighted by molar-refractivity contribution is -0.385. The van der Waals surface area contributed by atoms with E-state index in [2.05, 4.69) is 4.98 Å². The minimum absolute atomic E-state index is 0.00582. The summed E-state index contributed by atoms with van der Waals surface area (Å²) in [5.74, 6) is 0.389. The summed E-state index contributed by atoms with van der Waals surface area (Å²) in [4.78, 5) is 28.9. The molecule has 0 unspecified atom stereocenters. The predicted octanol–water partition coefficient (Wildman–Crippen LogP) is 1.27. The highest BCUT2D eigenvalue weighted by Crippen LogP contribution is 2.28. The molecule has 1 aromatic heterocycles. The Hall–Kier alpha value is -1.89. The molecule has 1 aliphatic rings. The Kier molecular flexibility index (Phi) is 3.33. The van der Waals surface area contributed by atoms with Crippen molar-refractivity contribution in [3.63, 3.8) is 0 Å². The molecule has 0 aromatic carbocycles. The number of rotatable bonds is 3. The van der Waals surface area contributed by atoms with Gasteiger partial charge in [-0.15, -0.1) is 0 Å². The highest BCUT2D eigenvalue weighted by molar-refractivity contribution is 6.33. The molecule has 2 heterocycles. The molecule has 96 valence electrons. The average Bonchev–Trinajstić information content (AvgIpc) is 2.70. The number of halogens is 1. The van der Waals surface area contributed by atoms with Gasteiger partial charge in [0.15, 0.2) is 0 Å². The van der Waals surface area contributed by atoms with Crippen LogP contribution < -0.4 is 4.90 Å². The minimum atomic E-state index is -0.559. The number of nitrogens with zero attached hydrogens (tertiary/aromatic N) is 4. The largest absolute Gasteiger partial charge is 0.328 e. The molecule has 0 spiro atoms. The summed E-state index contributed by atoms with van der Waals surface area (Å²) in [6, 6.07) is 1.24. The zero-order valence-electron chi connectivity index (χ0n) is 9.67. The molecule has 18 heavy (non-hydrogen) atoms. The van der Waals surface area contributed by atoms with Crippen molar-refractivity contribution in [1.29, 1.82) is 0 Å². The smallest absolute Gasteiger partial charge is 0.289 e. The summed E-state index contributed by atoms with van der Waals surface area (Å²) in [7, 11) is 0. The van der Waals surface area contributed by atoms with Crippen molar-refractivity contribution < 1.29 is 9.72 Å². The van der Waals surface area contributed by atoms with Gasteiger partial charge in [-0.25, -0.2) is 4.98 Å². The minimum Gasteiger partial charge on any atom is -0.328 e. The maximum Gasteiger partial charge on any atom is 0.289 e. The molecule has 0 atom stereocenters. The van der Waals surface area contributed by atoms with E-state index in [1.807, 2.05) is 6.92 Å². The van der Waals surface area contributed by atoms with E-state index in [0.717, 1.165) is 6.20 Å². The highest BCUT2D eigenvalue weighted by Gasteiger charge is 2.28. The van der Waals surface area contributed by atoms with E-state index in [1.165, 1.54) is 6.07 Å². The number of carbonyl (C=O) groups excluding carboxylic acids is 1. The Labute approximate surface area is 108 Å². The van der Waals surface area contributed by atoms with Crippen LogP contribution in [0.25, 0.3) is 0 Å². The Balaban J connectivity index is 2.25. The topological polar surface area (TPSA) is 79.6 Å². The normalized spacial score (nSPS) is 15.3. The summed E-state index contributed by atoms with van der Waals surface area (Å²) in [5, 5.41) is 10.7. The molecule has 8 heteroatoms. The van der Waals surface area contributed by atoms with Gasteiger partial charge in [0.2, 0.25) is 5.91 Å². The summed E-state index contributed by atoms with van der Waals surface area (Å²) >= 11 is 5.95. The van der Waals surface area contributed by atoms with Crippen LogP contribution in [0.4, 0.5) is 11.5 Å². The van der Waals surface area contributed by atoms with Crippen LogP contribution >= 0.6 is 11.6 Å². The van der Waals surface area contributed by atoms with E-state index in [9.17, 15) is 14.9 Å². The fraction of sp³-hybridized carbons (Fsp3) is 0.400. The molecule has 2 rings (SSSR count). The van der Waals surface area contributed by atoms with Gasteiger partial charge in [0.1, 0.15) is 18.6 Å². The number of hydrogen-bond donors (Lipinski definition) is 0. The van der Waals surface area contributed by atoms with Crippen LogP contribution in [0.3, 0.4) is 0 Å². The first kappa shape index (κ1) is 12.6. The van der Waals surface area contributed by atoms with Gasteiger partial charge >= 0.3 is 0 Å². The Bertz CT molecular complexity index is 508. The third kappa shape index (κ3) is 2.21. The van der Waals surface area contributed by atoms with Crippen LogP contribution in [-0.2, 0) is 4.79 Å². The van der Waals surface area contributed by atoms with Crippen LogP contribution in [0, 0.1) is 10.1 Å². The van der Waals surface area contributed by atoms with Crippen LogP contribution in [0.15, 0.2) is 12.3 Å². The molecule has 0 bridgehead atoms. The van der Waals surface area contributed by atoms with Crippen molar-refractivity contribution in [2.24, 2.45) is 0 Å². The fourth-order valence-electron chi connectivity index (χ4n) is 1.77. The van der Waals surface area contributed by atoms with Gasteiger partial charge in [0.05, 0.1) is 16.6 Å². The Morgan fingerprint density at radius 3 is 2.83 bits per heavy atom. The van der Waals surface area contributed by atoms with Gasteiger partial charge in [-0.1, -0.05) is 11.6 Å². The molecule has 0 N–H and O–H groups in total. The van der Waals surface area contributed by atoms with Gasteiger partial charge < -0.3 is 9.80 Å². The molecule has 0 saturated carbocycles. The first-order valence-corrected chi connectivity index (χ1v) is 5.73. The zero-order chi connectivity index (χ0) is 13.3. The van der Waals surface area contributed by atoms with Gasteiger partial charge in [-0.05, 0) is 6.92 Å². The van der Waals surface area contributed by atoms with Crippen molar-refractivity contribution in [2.45, 2.75) is 6.92 Å². The average molecular weight is 271 g/mol. The third-order valence-electron chi connectivity index (χ3n) is 2.72. The van der Waals surface area contributed by atoms with Gasteiger partial charge in [-0.3, -0.25) is 14.9 Å². The van der Waals surface area contributed by atoms with Crippen molar-refractivity contribution in [2.75, 3.05) is 24.7 Å². The van der Waals surface area contributed by atoms with Crippen LogP contribution in [0.5, 0.6) is 0 Å². The fourth-order valence-corrected chi connectivity index (χ4v) is 2.05. The molecule has 1 saturated heterocycles. The maximum absolute atomic E-state index is 11.6. The molecule has 1 aliphatic heterocycles. The highest BCUT2D eigenvalue weighted by atomic mass is 35.5. The molecule has 1 amide bonds. The molecule has 1 aromatic rings. The number of likely N-dealkylation sites (N-methyl/N-ethyl adjacent to an activating group) is 1. The zero-order valence-corrected chi connectivity index (χ0v) is 10.4.